The second-order valence-electron chi connectivity index (χ2n) is 9.91. The third kappa shape index (κ3) is 5.28. The molecular weight excluding hydrogens is 494 g/mol. The number of halogens is 1. The molecule has 4 aromatic heterocycles. The molecule has 2 aliphatic rings. The van der Waals surface area contributed by atoms with Crippen LogP contribution >= 0.6 is 11.6 Å². The van der Waals surface area contributed by atoms with Gasteiger partial charge < -0.3 is 14.9 Å². The number of nitrogens with one attached hydrogen (secondary N) is 1. The van der Waals surface area contributed by atoms with Crippen LogP contribution in [0.2, 0.25) is 5.02 Å². The van der Waals surface area contributed by atoms with E-state index in [2.05, 4.69) is 43.2 Å². The summed E-state index contributed by atoms with van der Waals surface area (Å²) in [6.45, 7) is 6.68. The predicted octanol–water partition coefficient (Wildman–Crippen LogP) is 3.24. The van der Waals surface area contributed by atoms with Crippen LogP contribution in [0.3, 0.4) is 0 Å². The number of carbonyl (C=O) groups is 1. The van der Waals surface area contributed by atoms with Gasteiger partial charge in [-0.05, 0) is 51.3 Å². The van der Waals surface area contributed by atoms with Gasteiger partial charge in [0.05, 0.1) is 46.9 Å². The van der Waals surface area contributed by atoms with Crippen LogP contribution in [0.15, 0.2) is 30.9 Å². The number of anilines is 1. The van der Waals surface area contributed by atoms with Gasteiger partial charge in [0.2, 0.25) is 0 Å². The highest BCUT2D eigenvalue weighted by atomic mass is 35.5. The summed E-state index contributed by atoms with van der Waals surface area (Å²) in [6, 6.07) is 2.10. The van der Waals surface area contributed by atoms with Gasteiger partial charge >= 0.3 is 0 Å². The lowest BCUT2D eigenvalue weighted by molar-refractivity contribution is -0.122. The van der Waals surface area contributed by atoms with Crippen molar-refractivity contribution >= 4 is 34.8 Å². The van der Waals surface area contributed by atoms with Crippen molar-refractivity contribution in [1.82, 2.24) is 39.8 Å². The number of hydrogen-bond acceptors (Lipinski definition) is 8. The van der Waals surface area contributed by atoms with Crippen molar-refractivity contribution in [3.05, 3.63) is 47.3 Å². The maximum atomic E-state index is 8.36. The van der Waals surface area contributed by atoms with E-state index in [0.717, 1.165) is 46.8 Å². The van der Waals surface area contributed by atoms with Crippen molar-refractivity contribution < 1.29 is 9.90 Å². The van der Waals surface area contributed by atoms with Crippen LogP contribution in [-0.4, -0.2) is 84.6 Å². The van der Waals surface area contributed by atoms with E-state index >= 15 is 0 Å². The zero-order valence-electron chi connectivity index (χ0n) is 20.9. The van der Waals surface area contributed by atoms with Gasteiger partial charge in [-0.15, -0.1) is 0 Å². The smallest absolute Gasteiger partial charge is 0.290 e. The maximum Gasteiger partial charge on any atom is 0.290 e. The molecule has 6 heterocycles. The second-order valence-corrected chi connectivity index (χ2v) is 10.3. The fourth-order valence-corrected chi connectivity index (χ4v) is 5.59. The number of likely N-dealkylation sites (tertiary alicyclic amines) is 1. The summed E-state index contributed by atoms with van der Waals surface area (Å²) in [7, 11) is 2.24. The van der Waals surface area contributed by atoms with E-state index in [1.807, 2.05) is 13.1 Å². The zero-order valence-corrected chi connectivity index (χ0v) is 21.7. The minimum absolute atomic E-state index is 0.250. The van der Waals surface area contributed by atoms with Crippen molar-refractivity contribution in [3.8, 4) is 11.4 Å². The van der Waals surface area contributed by atoms with Crippen LogP contribution in [0.1, 0.15) is 30.7 Å². The average Bonchev–Trinajstić information content (AvgIpc) is 3.60. The monoisotopic (exact) mass is 523 g/mol. The lowest BCUT2D eigenvalue weighted by atomic mass is 9.78. The summed E-state index contributed by atoms with van der Waals surface area (Å²) in [5.74, 6) is 1.66. The molecule has 0 radical (unpaired) electrons. The van der Waals surface area contributed by atoms with Gasteiger partial charge in [0, 0.05) is 36.9 Å². The van der Waals surface area contributed by atoms with Crippen LogP contribution < -0.4 is 4.90 Å². The zero-order chi connectivity index (χ0) is 26.0. The molecule has 2 N–H and O–H groups in total. The molecule has 0 unspecified atom stereocenters. The molecule has 11 nitrogen and oxygen atoms in total. The Morgan fingerprint density at radius 2 is 1.92 bits per heavy atom. The third-order valence-electron chi connectivity index (χ3n) is 7.37. The number of aromatic amines is 1. The van der Waals surface area contributed by atoms with Gasteiger partial charge in [-0.25, -0.2) is 9.97 Å². The molecule has 2 aliphatic heterocycles. The predicted molar refractivity (Wildman–Crippen MR) is 141 cm³/mol. The maximum absolute atomic E-state index is 8.36. The fourth-order valence-electron chi connectivity index (χ4n) is 5.43. The van der Waals surface area contributed by atoms with Crippen LogP contribution in [0.4, 0.5) is 5.82 Å². The largest absolute Gasteiger partial charge is 0.483 e. The minimum atomic E-state index is -0.250. The quantitative estimate of drug-likeness (QED) is 0.387. The first-order valence-corrected chi connectivity index (χ1v) is 12.6. The number of fused-ring (bicyclic) bond motifs is 1. The molecule has 0 atom stereocenters. The van der Waals surface area contributed by atoms with Gasteiger partial charge in [-0.3, -0.25) is 19.6 Å². The molecule has 1 spiro atoms. The molecule has 4 aromatic rings. The highest BCUT2D eigenvalue weighted by Crippen LogP contribution is 2.41. The molecular formula is C25H30ClN9O2. The molecule has 6 rings (SSSR count). The van der Waals surface area contributed by atoms with Crippen LogP contribution in [0.25, 0.3) is 22.3 Å². The van der Waals surface area contributed by atoms with E-state index in [1.165, 1.54) is 32.4 Å². The number of aromatic nitrogens is 7. The Morgan fingerprint density at radius 1 is 1.16 bits per heavy atom. The SMILES string of the molecule is Cc1[nH]ncc1-c1nc(N2CCC3(CCN(C)C3)CC2)c2cc(Cn3cc(Cl)cn3)ncc2n1.O=CO. The summed E-state index contributed by atoms with van der Waals surface area (Å²) in [6.07, 6.45) is 10.8. The first-order chi connectivity index (χ1) is 17.9. The molecule has 0 bridgehead atoms. The molecule has 2 fully saturated rings. The molecule has 194 valence electrons. The summed E-state index contributed by atoms with van der Waals surface area (Å²) in [5, 5.41) is 20.0. The number of pyridine rings is 1. The van der Waals surface area contributed by atoms with Crippen LogP contribution in [0.5, 0.6) is 0 Å². The number of H-pyrrole nitrogens is 1. The van der Waals surface area contributed by atoms with E-state index in [0.29, 0.717) is 22.8 Å². The molecule has 0 aliphatic carbocycles. The van der Waals surface area contributed by atoms with E-state index in [-0.39, 0.29) is 6.47 Å². The first-order valence-electron chi connectivity index (χ1n) is 12.3. The van der Waals surface area contributed by atoms with Crippen molar-refractivity contribution in [1.29, 1.82) is 0 Å². The van der Waals surface area contributed by atoms with Crippen molar-refractivity contribution in [2.75, 3.05) is 38.1 Å². The van der Waals surface area contributed by atoms with E-state index in [1.54, 1.807) is 23.3 Å². The summed E-state index contributed by atoms with van der Waals surface area (Å²) in [4.78, 5) is 27.9. The fraction of sp³-hybridized carbons (Fsp3) is 0.440. The van der Waals surface area contributed by atoms with E-state index in [4.69, 9.17) is 31.5 Å². The Balaban J connectivity index is 0.000000892. The molecule has 12 heteroatoms. The normalized spacial score (nSPS) is 17.2. The van der Waals surface area contributed by atoms with Gasteiger partial charge in [0.1, 0.15) is 5.82 Å². The number of nitrogens with zero attached hydrogens (tertiary/aromatic N) is 8. The number of aryl methyl sites for hydroxylation is 1. The number of hydrogen-bond donors (Lipinski definition) is 2. The summed E-state index contributed by atoms with van der Waals surface area (Å²) in [5.41, 5.74) is 4.06. The second kappa shape index (κ2) is 10.4. The number of piperidine rings is 1. The van der Waals surface area contributed by atoms with Crippen LogP contribution in [-0.2, 0) is 11.3 Å². The summed E-state index contributed by atoms with van der Waals surface area (Å²) < 4.78 is 1.79. The van der Waals surface area contributed by atoms with Gasteiger partial charge in [-0.1, -0.05) is 11.6 Å². The molecule has 2 saturated heterocycles. The standard InChI is InChI=1S/C24H28ClN9.CH2O2/c1-16-20(11-27-31-16)22-29-21-12-26-18(14-34-13-17(25)10-28-34)9-19(21)23(30-22)33-7-4-24(5-8-33)3-6-32(2)15-24;2-1-3/h9-13H,3-8,14-15H2,1-2H3,(H,27,31);1H,(H,2,3). The van der Waals surface area contributed by atoms with Gasteiger partial charge in [0.25, 0.3) is 6.47 Å². The first kappa shape index (κ1) is 25.1. The Morgan fingerprint density at radius 3 is 2.54 bits per heavy atom. The van der Waals surface area contributed by atoms with E-state index < -0.39 is 0 Å². The van der Waals surface area contributed by atoms with Gasteiger partial charge in [-0.2, -0.15) is 10.2 Å². The molecule has 0 aromatic carbocycles. The average molecular weight is 524 g/mol. The Labute approximate surface area is 219 Å². The van der Waals surface area contributed by atoms with Crippen molar-refractivity contribution in [3.63, 3.8) is 0 Å². The topological polar surface area (TPSA) is 129 Å². The van der Waals surface area contributed by atoms with Crippen LogP contribution in [0, 0.1) is 12.3 Å². The highest BCUT2D eigenvalue weighted by Gasteiger charge is 2.39. The highest BCUT2D eigenvalue weighted by molar-refractivity contribution is 6.30. The lowest BCUT2D eigenvalue weighted by Crippen LogP contribution is -2.41. The molecule has 0 amide bonds. The number of rotatable bonds is 4. The van der Waals surface area contributed by atoms with Crippen molar-refractivity contribution in [2.45, 2.75) is 32.7 Å². The van der Waals surface area contributed by atoms with E-state index in [9.17, 15) is 0 Å². The Hall–Kier alpha value is -3.57. The number of carboxylic acid groups (broad SMARTS) is 1. The summed E-state index contributed by atoms with van der Waals surface area (Å²) >= 11 is 6.05. The molecule has 0 saturated carbocycles. The minimum Gasteiger partial charge on any atom is -0.483 e. The Kier molecular flexibility index (Phi) is 7.07. The third-order valence-corrected chi connectivity index (χ3v) is 7.56. The van der Waals surface area contributed by atoms with Gasteiger partial charge in [0.15, 0.2) is 5.82 Å². The lowest BCUT2D eigenvalue weighted by Gasteiger charge is -2.40. The van der Waals surface area contributed by atoms with Crippen molar-refractivity contribution in [2.24, 2.45) is 5.41 Å². The Bertz CT molecular complexity index is 1390. The molecule has 37 heavy (non-hydrogen) atoms.